The fourth-order valence-electron chi connectivity index (χ4n) is 3.60. The Morgan fingerprint density at radius 3 is 2.51 bits per heavy atom. The number of halogens is 3. The van der Waals surface area contributed by atoms with Gasteiger partial charge in [-0.1, -0.05) is 31.2 Å². The molecule has 4 rings (SSSR count). The highest BCUT2D eigenvalue weighted by molar-refractivity contribution is 6.76. The quantitative estimate of drug-likeness (QED) is 0.216. The van der Waals surface area contributed by atoms with Crippen molar-refractivity contribution in [3.63, 3.8) is 0 Å². The largest absolute Gasteiger partial charge is 0.480 e. The molecule has 2 aromatic heterocycles. The zero-order valence-electron chi connectivity index (χ0n) is 20.5. The minimum Gasteiger partial charge on any atom is -0.480 e. The van der Waals surface area contributed by atoms with E-state index in [0.29, 0.717) is 17.6 Å². The third-order valence-corrected chi connectivity index (χ3v) is 7.87. The number of rotatable bonds is 10. The molecule has 0 aliphatic heterocycles. The van der Waals surface area contributed by atoms with Crippen molar-refractivity contribution in [3.05, 3.63) is 47.2 Å². The molecule has 2 amide bonds. The summed E-state index contributed by atoms with van der Waals surface area (Å²) in [5.74, 6) is -3.94. The van der Waals surface area contributed by atoms with E-state index < -0.39 is 43.0 Å². The Balaban J connectivity index is 1.50. The van der Waals surface area contributed by atoms with Gasteiger partial charge in [0.25, 0.3) is 0 Å². The maximum Gasteiger partial charge on any atom is 0.329 e. The van der Waals surface area contributed by atoms with Gasteiger partial charge in [-0.15, -0.1) is 0 Å². The minimum atomic E-state index is -1.34. The number of nitrogens with one attached hydrogen (secondary N) is 2. The number of carbonyl (C=O) groups excluding carboxylic acids is 1. The van der Waals surface area contributed by atoms with Gasteiger partial charge in [0.1, 0.15) is 23.7 Å². The molecule has 198 valence electrons. The molecule has 1 aromatic carbocycles. The molecule has 1 aliphatic carbocycles. The first-order valence-electron chi connectivity index (χ1n) is 11.6. The SMILES string of the molecule is C[Si](C)(C)CCOCn1cc(Cl)c2c(Oc3c(F)cc(NC(=O)NC4(C(=O)O)CC4)cc3F)ccnc21. The molecule has 2 heterocycles. The van der Waals surface area contributed by atoms with Crippen LogP contribution in [0.2, 0.25) is 30.7 Å². The van der Waals surface area contributed by atoms with Gasteiger partial charge in [0.2, 0.25) is 0 Å². The van der Waals surface area contributed by atoms with Crippen LogP contribution in [0.15, 0.2) is 30.6 Å². The molecular formula is C24H27ClF2N4O5Si. The van der Waals surface area contributed by atoms with E-state index >= 15 is 0 Å². The first kappa shape index (κ1) is 26.8. The van der Waals surface area contributed by atoms with Crippen molar-refractivity contribution in [3.8, 4) is 11.5 Å². The average molecular weight is 553 g/mol. The van der Waals surface area contributed by atoms with Gasteiger partial charge in [0, 0.05) is 44.9 Å². The zero-order valence-corrected chi connectivity index (χ0v) is 22.3. The molecule has 13 heteroatoms. The Labute approximate surface area is 217 Å². The standard InChI is InChI=1S/C24H27ClF2N4O5Si/c1-37(2,3)9-8-35-13-31-12-15(25)19-18(4-7-28-21(19)31)36-20-16(26)10-14(11-17(20)27)29-23(34)30-24(5-6-24)22(32)33/h4,7,10-12H,5-6,8-9,13H2,1-3H3,(H,32,33)(H2,29,30,34). The lowest BCUT2D eigenvalue weighted by molar-refractivity contribution is -0.140. The molecule has 0 bridgehead atoms. The van der Waals surface area contributed by atoms with Crippen LogP contribution in [0.4, 0.5) is 19.3 Å². The molecule has 37 heavy (non-hydrogen) atoms. The molecule has 0 radical (unpaired) electrons. The fraction of sp³-hybridized carbons (Fsp3) is 0.375. The van der Waals surface area contributed by atoms with Gasteiger partial charge in [-0.05, 0) is 25.0 Å². The van der Waals surface area contributed by atoms with Crippen LogP contribution in [0.3, 0.4) is 0 Å². The highest BCUT2D eigenvalue weighted by Crippen LogP contribution is 2.38. The summed E-state index contributed by atoms with van der Waals surface area (Å²) in [6.07, 6.45) is 3.60. The molecule has 3 N–H and O–H groups in total. The molecule has 0 spiro atoms. The van der Waals surface area contributed by atoms with Crippen LogP contribution < -0.4 is 15.4 Å². The second-order valence-electron chi connectivity index (χ2n) is 10.1. The van der Waals surface area contributed by atoms with Crippen molar-refractivity contribution in [2.45, 2.75) is 50.8 Å². The fourth-order valence-corrected chi connectivity index (χ4v) is 4.65. The maximum absolute atomic E-state index is 14.8. The summed E-state index contributed by atoms with van der Waals surface area (Å²) in [5, 5.41) is 14.4. The number of nitrogens with zero attached hydrogens (tertiary/aromatic N) is 2. The van der Waals surface area contributed by atoms with Gasteiger partial charge in [-0.3, -0.25) is 0 Å². The lowest BCUT2D eigenvalue weighted by Crippen LogP contribution is -2.45. The smallest absolute Gasteiger partial charge is 0.329 e. The second-order valence-corrected chi connectivity index (χ2v) is 16.2. The number of aromatic nitrogens is 2. The Hall–Kier alpha value is -3.22. The molecule has 0 unspecified atom stereocenters. The van der Waals surface area contributed by atoms with Crippen LogP contribution in [-0.2, 0) is 16.3 Å². The van der Waals surface area contributed by atoms with Crippen molar-refractivity contribution in [2.75, 3.05) is 11.9 Å². The number of aliphatic carboxylic acids is 1. The Bertz CT molecular complexity index is 1330. The number of carbonyl (C=O) groups is 2. The van der Waals surface area contributed by atoms with Gasteiger partial charge in [-0.25, -0.2) is 23.4 Å². The number of hydrogen-bond acceptors (Lipinski definition) is 5. The van der Waals surface area contributed by atoms with Crippen molar-refractivity contribution >= 4 is 48.4 Å². The number of ether oxygens (including phenoxy) is 2. The summed E-state index contributed by atoms with van der Waals surface area (Å²) in [7, 11) is -1.25. The first-order valence-corrected chi connectivity index (χ1v) is 15.7. The van der Waals surface area contributed by atoms with Crippen LogP contribution in [-0.4, -0.2) is 46.9 Å². The monoisotopic (exact) mass is 552 g/mol. The topological polar surface area (TPSA) is 115 Å². The van der Waals surface area contributed by atoms with Crippen LogP contribution >= 0.6 is 11.6 Å². The van der Waals surface area contributed by atoms with Crippen molar-refractivity contribution < 1.29 is 33.0 Å². The van der Waals surface area contributed by atoms with Gasteiger partial charge < -0.3 is 29.8 Å². The number of urea groups is 1. The molecule has 1 saturated carbocycles. The molecule has 9 nitrogen and oxygen atoms in total. The summed E-state index contributed by atoms with van der Waals surface area (Å²) in [6.45, 7) is 7.55. The number of benzene rings is 1. The van der Waals surface area contributed by atoms with Gasteiger partial charge in [0.05, 0.1) is 10.4 Å². The number of carboxylic acid groups (broad SMARTS) is 1. The van der Waals surface area contributed by atoms with E-state index in [9.17, 15) is 18.4 Å². The van der Waals surface area contributed by atoms with Crippen LogP contribution in [0.25, 0.3) is 11.0 Å². The number of pyridine rings is 1. The van der Waals surface area contributed by atoms with E-state index in [4.69, 9.17) is 26.2 Å². The van der Waals surface area contributed by atoms with Crippen molar-refractivity contribution in [1.82, 2.24) is 14.9 Å². The minimum absolute atomic E-state index is 0.0873. The van der Waals surface area contributed by atoms with E-state index in [1.807, 2.05) is 0 Å². The van der Waals surface area contributed by atoms with Crippen molar-refractivity contribution in [2.24, 2.45) is 0 Å². The lowest BCUT2D eigenvalue weighted by atomic mass is 10.2. The molecular weight excluding hydrogens is 526 g/mol. The molecule has 0 atom stereocenters. The number of carboxylic acids is 1. The molecule has 1 fully saturated rings. The highest BCUT2D eigenvalue weighted by atomic mass is 35.5. The predicted molar refractivity (Wildman–Crippen MR) is 137 cm³/mol. The van der Waals surface area contributed by atoms with E-state index in [0.717, 1.165) is 18.2 Å². The van der Waals surface area contributed by atoms with E-state index in [1.54, 1.807) is 10.8 Å². The van der Waals surface area contributed by atoms with Gasteiger partial charge in [-0.2, -0.15) is 0 Å². The number of anilines is 1. The third kappa shape index (κ3) is 6.20. The number of fused-ring (bicyclic) bond motifs is 1. The summed E-state index contributed by atoms with van der Waals surface area (Å²) in [6, 6.07) is 3.28. The third-order valence-electron chi connectivity index (χ3n) is 5.88. The normalized spacial score (nSPS) is 14.4. The summed E-state index contributed by atoms with van der Waals surface area (Å²) in [4.78, 5) is 27.6. The van der Waals surface area contributed by atoms with Crippen LogP contribution in [0.1, 0.15) is 12.8 Å². The Morgan fingerprint density at radius 2 is 1.92 bits per heavy atom. The number of hydrogen-bond donors (Lipinski definition) is 3. The zero-order chi connectivity index (χ0) is 27.0. The van der Waals surface area contributed by atoms with Crippen molar-refractivity contribution in [1.29, 1.82) is 0 Å². The highest BCUT2D eigenvalue weighted by Gasteiger charge is 2.51. The van der Waals surface area contributed by atoms with Crippen LogP contribution in [0.5, 0.6) is 11.5 Å². The first-order chi connectivity index (χ1) is 17.4. The Morgan fingerprint density at radius 1 is 1.24 bits per heavy atom. The molecule has 3 aromatic rings. The van der Waals surface area contributed by atoms with E-state index in [-0.39, 0.29) is 36.0 Å². The summed E-state index contributed by atoms with van der Waals surface area (Å²) in [5.41, 5.74) is -1.12. The molecule has 0 saturated heterocycles. The lowest BCUT2D eigenvalue weighted by Gasteiger charge is -2.15. The maximum atomic E-state index is 14.8. The van der Waals surface area contributed by atoms with Gasteiger partial charge >= 0.3 is 12.0 Å². The average Bonchev–Trinajstić information content (AvgIpc) is 3.50. The van der Waals surface area contributed by atoms with Crippen LogP contribution in [0, 0.1) is 11.6 Å². The predicted octanol–water partition coefficient (Wildman–Crippen LogP) is 5.81. The summed E-state index contributed by atoms with van der Waals surface area (Å²) < 4.78 is 42.7. The second kappa shape index (κ2) is 10.3. The number of amides is 2. The van der Waals surface area contributed by atoms with E-state index in [1.165, 1.54) is 12.3 Å². The Kier molecular flexibility index (Phi) is 7.44. The van der Waals surface area contributed by atoms with E-state index in [2.05, 4.69) is 35.3 Å². The van der Waals surface area contributed by atoms with Gasteiger partial charge in [0.15, 0.2) is 17.4 Å². The molecule has 1 aliphatic rings. The summed E-state index contributed by atoms with van der Waals surface area (Å²) >= 11 is 6.40.